The predicted molar refractivity (Wildman–Crippen MR) is 57.1 cm³/mol. The number of benzene rings is 1. The highest BCUT2D eigenvalue weighted by atomic mass is 19.1. The van der Waals surface area contributed by atoms with Gasteiger partial charge in [0.2, 0.25) is 0 Å². The van der Waals surface area contributed by atoms with E-state index < -0.39 is 30.3 Å². The van der Waals surface area contributed by atoms with Crippen molar-refractivity contribution < 1.29 is 23.8 Å². The zero-order chi connectivity index (χ0) is 12.8. The molecule has 0 aliphatic rings. The average molecular weight is 241 g/mol. The molecule has 0 aliphatic heterocycles. The summed E-state index contributed by atoms with van der Waals surface area (Å²) in [4.78, 5) is 21.7. The van der Waals surface area contributed by atoms with Crippen LogP contribution in [0, 0.1) is 5.82 Å². The van der Waals surface area contributed by atoms with Gasteiger partial charge in [0.05, 0.1) is 0 Å². The lowest BCUT2D eigenvalue weighted by Gasteiger charge is -2.10. The highest BCUT2D eigenvalue weighted by Gasteiger charge is 2.14. The zero-order valence-corrected chi connectivity index (χ0v) is 9.14. The van der Waals surface area contributed by atoms with Crippen LogP contribution in [-0.4, -0.2) is 29.6 Å². The second-order valence-corrected chi connectivity index (χ2v) is 3.35. The first-order valence-corrected chi connectivity index (χ1v) is 4.90. The van der Waals surface area contributed by atoms with E-state index in [0.29, 0.717) is 0 Å². The summed E-state index contributed by atoms with van der Waals surface area (Å²) in [6.07, 6.45) is 0. The van der Waals surface area contributed by atoms with E-state index >= 15 is 0 Å². The van der Waals surface area contributed by atoms with Gasteiger partial charge in [-0.05, 0) is 19.1 Å². The van der Waals surface area contributed by atoms with Gasteiger partial charge in [-0.15, -0.1) is 0 Å². The molecule has 0 heterocycles. The molecular weight excluding hydrogens is 229 g/mol. The number of nitrogens with one attached hydrogen (secondary N) is 1. The Morgan fingerprint density at radius 3 is 2.71 bits per heavy atom. The van der Waals surface area contributed by atoms with Crippen molar-refractivity contribution >= 4 is 11.9 Å². The smallest absolute Gasteiger partial charge is 0.325 e. The number of hydrogen-bond acceptors (Lipinski definition) is 3. The van der Waals surface area contributed by atoms with Crippen molar-refractivity contribution in [3.8, 4) is 5.75 Å². The van der Waals surface area contributed by atoms with Crippen LogP contribution in [0.2, 0.25) is 0 Å². The summed E-state index contributed by atoms with van der Waals surface area (Å²) >= 11 is 0. The number of amides is 1. The Hall–Kier alpha value is -2.11. The van der Waals surface area contributed by atoms with Crippen molar-refractivity contribution in [3.05, 3.63) is 30.1 Å². The van der Waals surface area contributed by atoms with E-state index in [0.717, 1.165) is 0 Å². The molecule has 1 amide bonds. The molecule has 2 N–H and O–H groups in total. The van der Waals surface area contributed by atoms with Crippen molar-refractivity contribution in [3.63, 3.8) is 0 Å². The van der Waals surface area contributed by atoms with Gasteiger partial charge in [0.1, 0.15) is 6.04 Å². The summed E-state index contributed by atoms with van der Waals surface area (Å²) < 4.78 is 18.0. The summed E-state index contributed by atoms with van der Waals surface area (Å²) in [7, 11) is 0. The molecule has 0 unspecified atom stereocenters. The van der Waals surface area contributed by atoms with E-state index in [1.54, 1.807) is 6.07 Å². The normalized spacial score (nSPS) is 11.6. The van der Waals surface area contributed by atoms with Crippen LogP contribution in [0.15, 0.2) is 24.3 Å². The second-order valence-electron chi connectivity index (χ2n) is 3.35. The maximum Gasteiger partial charge on any atom is 0.325 e. The van der Waals surface area contributed by atoms with E-state index in [2.05, 4.69) is 5.32 Å². The van der Waals surface area contributed by atoms with Gasteiger partial charge < -0.3 is 15.2 Å². The topological polar surface area (TPSA) is 75.6 Å². The van der Waals surface area contributed by atoms with Crippen LogP contribution in [0.1, 0.15) is 6.92 Å². The minimum Gasteiger partial charge on any atom is -0.481 e. The molecule has 1 atom stereocenters. The maximum absolute atomic E-state index is 13.1. The molecule has 0 fully saturated rings. The molecule has 0 spiro atoms. The van der Waals surface area contributed by atoms with Crippen LogP contribution in [0.3, 0.4) is 0 Å². The van der Waals surface area contributed by atoms with Crippen LogP contribution >= 0.6 is 0 Å². The fourth-order valence-electron chi connectivity index (χ4n) is 1.05. The third-order valence-corrected chi connectivity index (χ3v) is 1.94. The molecule has 1 rings (SSSR count). The number of carboxylic acid groups (broad SMARTS) is 1. The predicted octanol–water partition coefficient (Wildman–Crippen LogP) is 0.794. The molecule has 0 bridgehead atoms. The third kappa shape index (κ3) is 4.10. The SMILES string of the molecule is C[C@H](NC(=O)COc1ccccc1F)C(=O)O. The highest BCUT2D eigenvalue weighted by molar-refractivity contribution is 5.84. The average Bonchev–Trinajstić information content (AvgIpc) is 2.27. The molecule has 0 aliphatic carbocycles. The number of hydrogen-bond donors (Lipinski definition) is 2. The largest absolute Gasteiger partial charge is 0.481 e. The standard InChI is InChI=1S/C11H12FNO4/c1-7(11(15)16)13-10(14)6-17-9-5-3-2-4-8(9)12/h2-5,7H,6H2,1H3,(H,13,14)(H,15,16)/t7-/m0/s1. The van der Waals surface area contributed by atoms with Crippen molar-refractivity contribution in [2.24, 2.45) is 0 Å². The quantitative estimate of drug-likeness (QED) is 0.799. The number of para-hydroxylation sites is 1. The number of ether oxygens (including phenoxy) is 1. The van der Waals surface area contributed by atoms with Gasteiger partial charge in [0.15, 0.2) is 18.2 Å². The van der Waals surface area contributed by atoms with E-state index in [9.17, 15) is 14.0 Å². The number of aliphatic carboxylic acids is 1. The van der Waals surface area contributed by atoms with Crippen LogP contribution in [0.25, 0.3) is 0 Å². The highest BCUT2D eigenvalue weighted by Crippen LogP contribution is 2.14. The Morgan fingerprint density at radius 2 is 2.12 bits per heavy atom. The molecular formula is C11H12FNO4. The molecule has 1 aromatic rings. The molecule has 0 saturated heterocycles. The molecule has 5 nitrogen and oxygen atoms in total. The number of rotatable bonds is 5. The Balaban J connectivity index is 2.44. The van der Waals surface area contributed by atoms with Crippen molar-refractivity contribution in [2.45, 2.75) is 13.0 Å². The number of carboxylic acids is 1. The first-order valence-electron chi connectivity index (χ1n) is 4.90. The Bertz CT molecular complexity index is 422. The van der Waals surface area contributed by atoms with E-state index in [1.165, 1.54) is 25.1 Å². The van der Waals surface area contributed by atoms with Crippen molar-refractivity contribution in [1.29, 1.82) is 0 Å². The van der Waals surface area contributed by atoms with Crippen LogP contribution in [-0.2, 0) is 9.59 Å². The second kappa shape index (κ2) is 5.83. The summed E-state index contributed by atoms with van der Waals surface area (Å²) in [5.41, 5.74) is 0. The number of halogens is 1. The van der Waals surface area contributed by atoms with Crippen LogP contribution < -0.4 is 10.1 Å². The fourth-order valence-corrected chi connectivity index (χ4v) is 1.05. The van der Waals surface area contributed by atoms with Gasteiger partial charge in [-0.2, -0.15) is 0 Å². The Morgan fingerprint density at radius 1 is 1.47 bits per heavy atom. The lowest BCUT2D eigenvalue weighted by atomic mass is 10.3. The minimum absolute atomic E-state index is 0.0503. The summed E-state index contributed by atoms with van der Waals surface area (Å²) in [5.74, 6) is -2.40. The zero-order valence-electron chi connectivity index (χ0n) is 9.14. The maximum atomic E-state index is 13.1. The van der Waals surface area contributed by atoms with E-state index in [4.69, 9.17) is 9.84 Å². The first-order chi connectivity index (χ1) is 8.00. The molecule has 92 valence electrons. The van der Waals surface area contributed by atoms with Gasteiger partial charge in [-0.3, -0.25) is 9.59 Å². The first kappa shape index (κ1) is 13.0. The molecule has 0 aromatic heterocycles. The summed E-state index contributed by atoms with van der Waals surface area (Å²) in [6.45, 7) is 0.891. The van der Waals surface area contributed by atoms with Gasteiger partial charge in [0, 0.05) is 0 Å². The number of carbonyl (C=O) groups excluding carboxylic acids is 1. The lowest BCUT2D eigenvalue weighted by molar-refractivity contribution is -0.141. The molecule has 17 heavy (non-hydrogen) atoms. The summed E-state index contributed by atoms with van der Waals surface area (Å²) in [6, 6.07) is 4.63. The molecule has 1 aromatic carbocycles. The minimum atomic E-state index is -1.15. The van der Waals surface area contributed by atoms with Gasteiger partial charge in [-0.1, -0.05) is 12.1 Å². The van der Waals surface area contributed by atoms with Gasteiger partial charge in [-0.25, -0.2) is 4.39 Å². The Labute approximate surface area is 97.2 Å². The van der Waals surface area contributed by atoms with Crippen molar-refractivity contribution in [2.75, 3.05) is 6.61 Å². The third-order valence-electron chi connectivity index (χ3n) is 1.94. The van der Waals surface area contributed by atoms with Gasteiger partial charge in [0.25, 0.3) is 5.91 Å². The Kier molecular flexibility index (Phi) is 4.45. The van der Waals surface area contributed by atoms with Crippen LogP contribution in [0.4, 0.5) is 4.39 Å². The van der Waals surface area contributed by atoms with E-state index in [-0.39, 0.29) is 5.75 Å². The van der Waals surface area contributed by atoms with Crippen LogP contribution in [0.5, 0.6) is 5.75 Å². The van der Waals surface area contributed by atoms with Gasteiger partial charge >= 0.3 is 5.97 Å². The fraction of sp³-hybridized carbons (Fsp3) is 0.273. The monoisotopic (exact) mass is 241 g/mol. The number of carbonyl (C=O) groups is 2. The molecule has 0 saturated carbocycles. The molecule has 6 heteroatoms. The lowest BCUT2D eigenvalue weighted by Crippen LogP contribution is -2.40. The summed E-state index contributed by atoms with van der Waals surface area (Å²) in [5, 5.41) is 10.7. The van der Waals surface area contributed by atoms with Crippen molar-refractivity contribution in [1.82, 2.24) is 5.32 Å². The molecule has 0 radical (unpaired) electrons. The van der Waals surface area contributed by atoms with E-state index in [1.807, 2.05) is 0 Å².